The first kappa shape index (κ1) is 14.1. The van der Waals surface area contributed by atoms with Gasteiger partial charge in [-0.3, -0.25) is 0 Å². The molecule has 3 rings (SSSR count). The molecule has 0 bridgehead atoms. The minimum atomic E-state index is 0.595. The van der Waals surface area contributed by atoms with Crippen molar-refractivity contribution < 1.29 is 14.2 Å². The summed E-state index contributed by atoms with van der Waals surface area (Å²) in [4.78, 5) is 0. The van der Waals surface area contributed by atoms with Gasteiger partial charge in [-0.25, -0.2) is 0 Å². The van der Waals surface area contributed by atoms with E-state index < -0.39 is 0 Å². The molecular formula is C16H16BrNO3. The zero-order valence-electron chi connectivity index (χ0n) is 11.7. The second-order valence-corrected chi connectivity index (χ2v) is 5.52. The average molecular weight is 350 g/mol. The summed E-state index contributed by atoms with van der Waals surface area (Å²) in [6.07, 6.45) is 0. The van der Waals surface area contributed by atoms with E-state index in [1.807, 2.05) is 36.4 Å². The van der Waals surface area contributed by atoms with Crippen molar-refractivity contribution in [2.75, 3.05) is 25.6 Å². The van der Waals surface area contributed by atoms with Crippen molar-refractivity contribution in [2.24, 2.45) is 0 Å². The summed E-state index contributed by atoms with van der Waals surface area (Å²) in [5.74, 6) is 2.43. The molecule has 0 saturated carbocycles. The highest BCUT2D eigenvalue weighted by molar-refractivity contribution is 9.10. The van der Waals surface area contributed by atoms with E-state index in [0.29, 0.717) is 19.8 Å². The largest absolute Gasteiger partial charge is 0.497 e. The Hall–Kier alpha value is -1.88. The van der Waals surface area contributed by atoms with Gasteiger partial charge in [0.25, 0.3) is 0 Å². The zero-order valence-corrected chi connectivity index (χ0v) is 13.3. The predicted molar refractivity (Wildman–Crippen MR) is 85.5 cm³/mol. The van der Waals surface area contributed by atoms with Crippen LogP contribution in [0.2, 0.25) is 0 Å². The van der Waals surface area contributed by atoms with Crippen LogP contribution in [0.1, 0.15) is 5.56 Å². The number of anilines is 1. The maximum atomic E-state index is 5.58. The zero-order chi connectivity index (χ0) is 14.7. The van der Waals surface area contributed by atoms with Crippen molar-refractivity contribution in [1.29, 1.82) is 0 Å². The highest BCUT2D eigenvalue weighted by Gasteiger charge is 2.11. The molecule has 2 aromatic carbocycles. The average Bonchev–Trinajstić information content (AvgIpc) is 2.54. The van der Waals surface area contributed by atoms with E-state index in [4.69, 9.17) is 14.2 Å². The van der Waals surface area contributed by atoms with Gasteiger partial charge in [0.05, 0.1) is 7.11 Å². The van der Waals surface area contributed by atoms with Crippen LogP contribution in [-0.4, -0.2) is 20.3 Å². The Morgan fingerprint density at radius 1 is 1.10 bits per heavy atom. The Bertz CT molecular complexity index is 645. The molecule has 0 radical (unpaired) electrons. The summed E-state index contributed by atoms with van der Waals surface area (Å²) in [5, 5.41) is 3.38. The van der Waals surface area contributed by atoms with E-state index in [-0.39, 0.29) is 0 Å². The standard InChI is InChI=1S/C16H16BrNO3/c1-19-13-3-4-14(17)11(8-13)10-18-12-2-5-15-16(9-12)21-7-6-20-15/h2-5,8-9,18H,6-7,10H2,1H3. The number of methoxy groups -OCH3 is 1. The van der Waals surface area contributed by atoms with Crippen LogP contribution in [0.4, 0.5) is 5.69 Å². The lowest BCUT2D eigenvalue weighted by atomic mass is 10.2. The van der Waals surface area contributed by atoms with Crippen molar-refractivity contribution in [1.82, 2.24) is 0 Å². The molecule has 0 fully saturated rings. The van der Waals surface area contributed by atoms with Crippen molar-refractivity contribution in [3.05, 3.63) is 46.4 Å². The fourth-order valence-electron chi connectivity index (χ4n) is 2.16. The van der Waals surface area contributed by atoms with Gasteiger partial charge in [0.15, 0.2) is 11.5 Å². The van der Waals surface area contributed by atoms with Crippen LogP contribution in [0.5, 0.6) is 17.2 Å². The Balaban J connectivity index is 1.73. The predicted octanol–water partition coefficient (Wildman–Crippen LogP) is 3.84. The number of ether oxygens (including phenoxy) is 3. The minimum Gasteiger partial charge on any atom is -0.497 e. The van der Waals surface area contributed by atoms with Crippen LogP contribution < -0.4 is 19.5 Å². The van der Waals surface area contributed by atoms with Crippen LogP contribution in [0, 0.1) is 0 Å². The normalized spacial score (nSPS) is 12.9. The molecular weight excluding hydrogens is 334 g/mol. The first-order valence-electron chi connectivity index (χ1n) is 6.72. The van der Waals surface area contributed by atoms with E-state index in [1.54, 1.807) is 7.11 Å². The van der Waals surface area contributed by atoms with Crippen LogP contribution in [-0.2, 0) is 6.54 Å². The summed E-state index contributed by atoms with van der Waals surface area (Å²) in [6, 6.07) is 11.8. The topological polar surface area (TPSA) is 39.7 Å². The highest BCUT2D eigenvalue weighted by Crippen LogP contribution is 2.33. The van der Waals surface area contributed by atoms with Crippen molar-refractivity contribution in [3.8, 4) is 17.2 Å². The van der Waals surface area contributed by atoms with Gasteiger partial charge < -0.3 is 19.5 Å². The van der Waals surface area contributed by atoms with Crippen LogP contribution in [0.15, 0.2) is 40.9 Å². The molecule has 21 heavy (non-hydrogen) atoms. The first-order chi connectivity index (χ1) is 10.3. The van der Waals surface area contributed by atoms with Crippen LogP contribution in [0.25, 0.3) is 0 Å². The Labute approximate surface area is 132 Å². The van der Waals surface area contributed by atoms with E-state index in [1.165, 1.54) is 0 Å². The Morgan fingerprint density at radius 2 is 1.90 bits per heavy atom. The molecule has 0 unspecified atom stereocenters. The van der Waals surface area contributed by atoms with E-state index >= 15 is 0 Å². The molecule has 0 saturated heterocycles. The lowest BCUT2D eigenvalue weighted by molar-refractivity contribution is 0.171. The number of benzene rings is 2. The molecule has 0 aromatic heterocycles. The summed E-state index contributed by atoms with van der Waals surface area (Å²) < 4.78 is 17.4. The molecule has 1 aliphatic heterocycles. The van der Waals surface area contributed by atoms with Gasteiger partial charge in [0.1, 0.15) is 19.0 Å². The molecule has 4 nitrogen and oxygen atoms in total. The maximum Gasteiger partial charge on any atom is 0.163 e. The quantitative estimate of drug-likeness (QED) is 0.910. The number of rotatable bonds is 4. The van der Waals surface area contributed by atoms with Gasteiger partial charge in [-0.15, -0.1) is 0 Å². The third-order valence-corrected chi connectivity index (χ3v) is 4.05. The summed E-state index contributed by atoms with van der Waals surface area (Å²) in [5.41, 5.74) is 2.12. The fourth-order valence-corrected chi connectivity index (χ4v) is 2.55. The molecule has 0 spiro atoms. The molecule has 1 aliphatic rings. The lowest BCUT2D eigenvalue weighted by Gasteiger charge is -2.19. The fraction of sp³-hybridized carbons (Fsp3) is 0.250. The molecule has 2 aromatic rings. The smallest absolute Gasteiger partial charge is 0.163 e. The number of fused-ring (bicyclic) bond motifs is 1. The van der Waals surface area contributed by atoms with Gasteiger partial charge in [-0.05, 0) is 35.9 Å². The highest BCUT2D eigenvalue weighted by atomic mass is 79.9. The van der Waals surface area contributed by atoms with Gasteiger partial charge >= 0.3 is 0 Å². The van der Waals surface area contributed by atoms with E-state index in [9.17, 15) is 0 Å². The second kappa shape index (κ2) is 6.26. The van der Waals surface area contributed by atoms with E-state index in [0.717, 1.165) is 33.0 Å². The van der Waals surface area contributed by atoms with Gasteiger partial charge in [-0.2, -0.15) is 0 Å². The number of nitrogens with one attached hydrogen (secondary N) is 1. The number of hydrogen-bond acceptors (Lipinski definition) is 4. The van der Waals surface area contributed by atoms with Gasteiger partial charge in [0.2, 0.25) is 0 Å². The molecule has 0 aliphatic carbocycles. The van der Waals surface area contributed by atoms with Crippen molar-refractivity contribution in [2.45, 2.75) is 6.54 Å². The molecule has 1 heterocycles. The SMILES string of the molecule is COc1ccc(Br)c(CNc2ccc3c(c2)OCCO3)c1. The van der Waals surface area contributed by atoms with Crippen molar-refractivity contribution >= 4 is 21.6 Å². The van der Waals surface area contributed by atoms with Crippen LogP contribution >= 0.6 is 15.9 Å². The van der Waals surface area contributed by atoms with Crippen LogP contribution in [0.3, 0.4) is 0 Å². The number of hydrogen-bond donors (Lipinski definition) is 1. The number of halogens is 1. The Morgan fingerprint density at radius 3 is 2.71 bits per heavy atom. The van der Waals surface area contributed by atoms with Gasteiger partial charge in [-0.1, -0.05) is 15.9 Å². The first-order valence-corrected chi connectivity index (χ1v) is 7.51. The lowest BCUT2D eigenvalue weighted by Crippen LogP contribution is -2.15. The summed E-state index contributed by atoms with van der Waals surface area (Å²) >= 11 is 3.55. The third kappa shape index (κ3) is 3.24. The summed E-state index contributed by atoms with van der Waals surface area (Å²) in [7, 11) is 1.67. The summed E-state index contributed by atoms with van der Waals surface area (Å²) in [6.45, 7) is 1.89. The van der Waals surface area contributed by atoms with Gasteiger partial charge in [0, 0.05) is 22.8 Å². The monoisotopic (exact) mass is 349 g/mol. The molecule has 110 valence electrons. The molecule has 5 heteroatoms. The molecule has 0 amide bonds. The molecule has 1 N–H and O–H groups in total. The minimum absolute atomic E-state index is 0.595. The van der Waals surface area contributed by atoms with Crippen molar-refractivity contribution in [3.63, 3.8) is 0 Å². The van der Waals surface area contributed by atoms with E-state index in [2.05, 4.69) is 21.2 Å². The molecule has 0 atom stereocenters. The second-order valence-electron chi connectivity index (χ2n) is 4.67. The maximum absolute atomic E-state index is 5.58. The Kier molecular flexibility index (Phi) is 4.20. The third-order valence-electron chi connectivity index (χ3n) is 3.28.